The SMILES string of the molecule is O=C(Nc1ccccc1Cl)c1ccc(I)c(O)c1. The number of halogens is 2. The van der Waals surface area contributed by atoms with Crippen LogP contribution in [0.3, 0.4) is 0 Å². The van der Waals surface area contributed by atoms with Crippen LogP contribution < -0.4 is 5.32 Å². The summed E-state index contributed by atoms with van der Waals surface area (Å²) in [4.78, 5) is 11.9. The molecule has 0 spiro atoms. The van der Waals surface area contributed by atoms with E-state index in [1.807, 2.05) is 22.6 Å². The monoisotopic (exact) mass is 373 g/mol. The molecular weight excluding hydrogens is 365 g/mol. The highest BCUT2D eigenvalue weighted by Gasteiger charge is 2.09. The number of phenols is 1. The number of para-hydroxylation sites is 1. The quantitative estimate of drug-likeness (QED) is 0.784. The fourth-order valence-electron chi connectivity index (χ4n) is 1.41. The summed E-state index contributed by atoms with van der Waals surface area (Å²) in [6.07, 6.45) is 0. The summed E-state index contributed by atoms with van der Waals surface area (Å²) in [6.45, 7) is 0. The van der Waals surface area contributed by atoms with E-state index >= 15 is 0 Å². The van der Waals surface area contributed by atoms with Crippen LogP contribution in [0, 0.1) is 3.57 Å². The van der Waals surface area contributed by atoms with Crippen molar-refractivity contribution in [2.24, 2.45) is 0 Å². The van der Waals surface area contributed by atoms with Gasteiger partial charge in [-0.25, -0.2) is 0 Å². The van der Waals surface area contributed by atoms with Gasteiger partial charge in [0.25, 0.3) is 5.91 Å². The lowest BCUT2D eigenvalue weighted by Gasteiger charge is -2.07. The summed E-state index contributed by atoms with van der Waals surface area (Å²) >= 11 is 7.94. The lowest BCUT2D eigenvalue weighted by Crippen LogP contribution is -2.12. The zero-order valence-electron chi connectivity index (χ0n) is 9.15. The second-order valence-electron chi connectivity index (χ2n) is 3.60. The third-order valence-corrected chi connectivity index (χ3v) is 3.57. The largest absolute Gasteiger partial charge is 0.507 e. The molecule has 0 fully saturated rings. The van der Waals surface area contributed by atoms with Crippen LogP contribution in [0.25, 0.3) is 0 Å². The van der Waals surface area contributed by atoms with Gasteiger partial charge in [-0.3, -0.25) is 4.79 Å². The van der Waals surface area contributed by atoms with Gasteiger partial charge in [0.2, 0.25) is 0 Å². The van der Waals surface area contributed by atoms with Crippen LogP contribution in [0.1, 0.15) is 10.4 Å². The summed E-state index contributed by atoms with van der Waals surface area (Å²) in [5.41, 5.74) is 0.926. The molecule has 1 amide bonds. The number of benzene rings is 2. The number of hydrogen-bond donors (Lipinski definition) is 2. The van der Waals surface area contributed by atoms with Crippen molar-refractivity contribution in [2.75, 3.05) is 5.32 Å². The van der Waals surface area contributed by atoms with Crippen LogP contribution in [0.15, 0.2) is 42.5 Å². The van der Waals surface area contributed by atoms with Gasteiger partial charge in [-0.05, 0) is 52.9 Å². The molecule has 2 aromatic rings. The molecule has 2 aromatic carbocycles. The average Bonchev–Trinajstić information content (AvgIpc) is 2.35. The minimum atomic E-state index is -0.310. The Morgan fingerprint density at radius 3 is 2.61 bits per heavy atom. The summed E-state index contributed by atoms with van der Waals surface area (Å²) < 4.78 is 0.696. The van der Waals surface area contributed by atoms with Gasteiger partial charge in [0, 0.05) is 5.56 Å². The Morgan fingerprint density at radius 2 is 1.94 bits per heavy atom. The number of nitrogens with one attached hydrogen (secondary N) is 1. The first kappa shape index (κ1) is 13.2. The minimum Gasteiger partial charge on any atom is -0.507 e. The molecule has 0 bridgehead atoms. The molecule has 0 aromatic heterocycles. The van der Waals surface area contributed by atoms with Crippen molar-refractivity contribution in [3.05, 3.63) is 56.6 Å². The van der Waals surface area contributed by atoms with Crippen molar-refractivity contribution in [3.8, 4) is 5.75 Å². The number of amides is 1. The smallest absolute Gasteiger partial charge is 0.255 e. The van der Waals surface area contributed by atoms with Crippen molar-refractivity contribution in [1.29, 1.82) is 0 Å². The Bertz CT molecular complexity index is 601. The first-order chi connectivity index (χ1) is 8.58. The summed E-state index contributed by atoms with van der Waals surface area (Å²) in [5, 5.41) is 12.7. The van der Waals surface area contributed by atoms with Crippen LogP contribution in [-0.4, -0.2) is 11.0 Å². The van der Waals surface area contributed by atoms with Gasteiger partial charge in [0.1, 0.15) is 5.75 Å². The number of anilines is 1. The Labute approximate surface area is 123 Å². The molecule has 2 rings (SSSR count). The lowest BCUT2D eigenvalue weighted by molar-refractivity contribution is 0.102. The second kappa shape index (κ2) is 5.58. The number of hydrogen-bond acceptors (Lipinski definition) is 2. The standard InChI is InChI=1S/C13H9ClINO2/c14-9-3-1-2-4-11(9)16-13(18)8-5-6-10(15)12(17)7-8/h1-7,17H,(H,16,18). The van der Waals surface area contributed by atoms with E-state index in [4.69, 9.17) is 11.6 Å². The molecule has 92 valence electrons. The van der Waals surface area contributed by atoms with Crippen molar-refractivity contribution in [2.45, 2.75) is 0 Å². The van der Waals surface area contributed by atoms with Gasteiger partial charge in [-0.1, -0.05) is 23.7 Å². The Morgan fingerprint density at radius 1 is 1.22 bits per heavy atom. The van der Waals surface area contributed by atoms with E-state index in [1.54, 1.807) is 36.4 Å². The van der Waals surface area contributed by atoms with Crippen LogP contribution in [0.5, 0.6) is 5.75 Å². The van der Waals surface area contributed by atoms with Crippen molar-refractivity contribution in [1.82, 2.24) is 0 Å². The molecule has 0 saturated carbocycles. The highest BCUT2D eigenvalue weighted by Crippen LogP contribution is 2.23. The predicted octanol–water partition coefficient (Wildman–Crippen LogP) is 3.90. The van der Waals surface area contributed by atoms with E-state index in [0.29, 0.717) is 19.8 Å². The maximum absolute atomic E-state index is 11.9. The average molecular weight is 374 g/mol. The Kier molecular flexibility index (Phi) is 4.08. The van der Waals surface area contributed by atoms with Gasteiger partial charge < -0.3 is 10.4 Å². The van der Waals surface area contributed by atoms with Crippen LogP contribution >= 0.6 is 34.2 Å². The number of aromatic hydroxyl groups is 1. The molecule has 0 heterocycles. The molecule has 0 unspecified atom stereocenters. The van der Waals surface area contributed by atoms with E-state index < -0.39 is 0 Å². The van der Waals surface area contributed by atoms with Crippen LogP contribution in [0.4, 0.5) is 5.69 Å². The highest BCUT2D eigenvalue weighted by atomic mass is 127. The van der Waals surface area contributed by atoms with Gasteiger partial charge in [0.15, 0.2) is 0 Å². The second-order valence-corrected chi connectivity index (χ2v) is 5.17. The molecule has 0 aliphatic carbocycles. The first-order valence-corrected chi connectivity index (χ1v) is 6.58. The summed E-state index contributed by atoms with van der Waals surface area (Å²) in [7, 11) is 0. The molecule has 0 atom stereocenters. The normalized spacial score (nSPS) is 10.1. The highest BCUT2D eigenvalue weighted by molar-refractivity contribution is 14.1. The van der Waals surface area contributed by atoms with Gasteiger partial charge in [-0.15, -0.1) is 0 Å². The molecule has 2 N–H and O–H groups in total. The van der Waals surface area contributed by atoms with Crippen molar-refractivity contribution in [3.63, 3.8) is 0 Å². The predicted molar refractivity (Wildman–Crippen MR) is 80.2 cm³/mol. The fraction of sp³-hybridized carbons (Fsp3) is 0. The van der Waals surface area contributed by atoms with E-state index in [1.165, 1.54) is 6.07 Å². The first-order valence-electron chi connectivity index (χ1n) is 5.12. The molecular formula is C13H9ClINO2. The van der Waals surface area contributed by atoms with E-state index in [0.717, 1.165) is 0 Å². The topological polar surface area (TPSA) is 49.3 Å². The molecule has 0 saturated heterocycles. The zero-order valence-corrected chi connectivity index (χ0v) is 12.1. The summed E-state index contributed by atoms with van der Waals surface area (Å²) in [5.74, 6) is -0.225. The van der Waals surface area contributed by atoms with Gasteiger partial charge in [-0.2, -0.15) is 0 Å². The van der Waals surface area contributed by atoms with Gasteiger partial charge >= 0.3 is 0 Å². The number of carbonyl (C=O) groups excluding carboxylic acids is 1. The number of carbonyl (C=O) groups is 1. The Balaban J connectivity index is 2.22. The molecule has 0 radical (unpaired) electrons. The third-order valence-electron chi connectivity index (χ3n) is 2.33. The van der Waals surface area contributed by atoms with Crippen molar-refractivity contribution < 1.29 is 9.90 Å². The molecule has 0 aliphatic heterocycles. The molecule has 5 heteroatoms. The number of phenolic OH excluding ortho intramolecular Hbond substituents is 1. The van der Waals surface area contributed by atoms with Crippen LogP contribution in [0.2, 0.25) is 5.02 Å². The zero-order chi connectivity index (χ0) is 13.1. The molecule has 18 heavy (non-hydrogen) atoms. The van der Waals surface area contributed by atoms with Crippen molar-refractivity contribution >= 4 is 45.8 Å². The lowest BCUT2D eigenvalue weighted by atomic mass is 10.2. The summed E-state index contributed by atoms with van der Waals surface area (Å²) in [6, 6.07) is 11.7. The molecule has 0 aliphatic rings. The minimum absolute atomic E-state index is 0.0856. The van der Waals surface area contributed by atoms with E-state index in [2.05, 4.69) is 5.32 Å². The fourth-order valence-corrected chi connectivity index (χ4v) is 1.93. The maximum atomic E-state index is 11.9. The van der Waals surface area contributed by atoms with E-state index in [9.17, 15) is 9.90 Å². The van der Waals surface area contributed by atoms with Gasteiger partial charge in [0.05, 0.1) is 14.3 Å². The van der Waals surface area contributed by atoms with Crippen LogP contribution in [-0.2, 0) is 0 Å². The maximum Gasteiger partial charge on any atom is 0.255 e. The van der Waals surface area contributed by atoms with E-state index in [-0.39, 0.29) is 11.7 Å². The number of rotatable bonds is 2. The molecule has 3 nitrogen and oxygen atoms in total. The Hall–Kier alpha value is -1.27. The third kappa shape index (κ3) is 2.94.